The van der Waals surface area contributed by atoms with E-state index < -0.39 is 0 Å². The number of rotatable bonds is 2. The summed E-state index contributed by atoms with van der Waals surface area (Å²) in [6.45, 7) is 3.86. The number of hydrogen-bond acceptors (Lipinski definition) is 2. The lowest BCUT2D eigenvalue weighted by atomic mass is 9.91. The highest BCUT2D eigenvalue weighted by Crippen LogP contribution is 2.28. The summed E-state index contributed by atoms with van der Waals surface area (Å²) < 4.78 is 6.15. The maximum Gasteiger partial charge on any atom is 0.409 e. The van der Waals surface area contributed by atoms with Crippen molar-refractivity contribution in [2.75, 3.05) is 19.7 Å². The predicted molar refractivity (Wildman–Crippen MR) is 74.7 cm³/mol. The van der Waals surface area contributed by atoms with Crippen LogP contribution in [0.25, 0.3) is 0 Å². The van der Waals surface area contributed by atoms with E-state index in [-0.39, 0.29) is 6.09 Å². The number of carbonyl (C=O) groups is 1. The molecule has 2 rings (SSSR count). The van der Waals surface area contributed by atoms with E-state index in [4.69, 9.17) is 4.74 Å². The van der Waals surface area contributed by atoms with Crippen LogP contribution in [-0.2, 0) is 4.74 Å². The number of hydrogen-bond donors (Lipinski definition) is 0. The number of likely N-dealkylation sites (tertiary alicyclic amines) is 1. The highest BCUT2D eigenvalue weighted by molar-refractivity contribution is 9.10. The molecule has 1 aliphatic rings. The summed E-state index contributed by atoms with van der Waals surface area (Å²) in [5.41, 5.74) is 1.30. The number of halogens is 1. The molecule has 1 atom stereocenters. The molecule has 1 heterocycles. The molecule has 0 saturated carbocycles. The molecule has 0 aromatic heterocycles. The van der Waals surface area contributed by atoms with Crippen molar-refractivity contribution in [3.05, 3.63) is 34.3 Å². The third-order valence-corrected chi connectivity index (χ3v) is 3.82. The SMILES string of the molecule is CCOC(=O)N1CCCC(c2ccc(Br)cc2)C1. The van der Waals surface area contributed by atoms with Gasteiger partial charge in [0.2, 0.25) is 0 Å². The molecule has 0 spiro atoms. The minimum atomic E-state index is -0.181. The summed E-state index contributed by atoms with van der Waals surface area (Å²) in [6.07, 6.45) is 2.00. The van der Waals surface area contributed by atoms with Gasteiger partial charge in [0.15, 0.2) is 0 Å². The van der Waals surface area contributed by atoms with Crippen LogP contribution in [0.4, 0.5) is 4.79 Å². The summed E-state index contributed by atoms with van der Waals surface area (Å²) in [5, 5.41) is 0. The van der Waals surface area contributed by atoms with Gasteiger partial charge in [-0.1, -0.05) is 28.1 Å². The van der Waals surface area contributed by atoms with Crippen LogP contribution in [0.15, 0.2) is 28.7 Å². The standard InChI is InChI=1S/C14H18BrNO2/c1-2-18-14(17)16-9-3-4-12(10-16)11-5-7-13(15)8-6-11/h5-8,12H,2-4,9-10H2,1H3. The number of piperidine rings is 1. The van der Waals surface area contributed by atoms with Gasteiger partial charge < -0.3 is 9.64 Å². The Morgan fingerprint density at radius 3 is 2.83 bits per heavy atom. The van der Waals surface area contributed by atoms with Crippen molar-refractivity contribution in [2.24, 2.45) is 0 Å². The number of benzene rings is 1. The molecule has 1 aromatic rings. The van der Waals surface area contributed by atoms with Crippen LogP contribution in [0.3, 0.4) is 0 Å². The molecular weight excluding hydrogens is 294 g/mol. The number of ether oxygens (including phenoxy) is 1. The first-order chi connectivity index (χ1) is 8.70. The van der Waals surface area contributed by atoms with Gasteiger partial charge in [-0.2, -0.15) is 0 Å². The average Bonchev–Trinajstić information content (AvgIpc) is 2.40. The van der Waals surface area contributed by atoms with Crippen LogP contribution < -0.4 is 0 Å². The fourth-order valence-electron chi connectivity index (χ4n) is 2.36. The van der Waals surface area contributed by atoms with Crippen molar-refractivity contribution in [1.82, 2.24) is 4.90 Å². The number of amides is 1. The van der Waals surface area contributed by atoms with E-state index in [1.807, 2.05) is 11.8 Å². The molecule has 1 aromatic carbocycles. The molecule has 18 heavy (non-hydrogen) atoms. The Morgan fingerprint density at radius 1 is 1.44 bits per heavy atom. The summed E-state index contributed by atoms with van der Waals surface area (Å²) in [6, 6.07) is 8.37. The van der Waals surface area contributed by atoms with E-state index in [0.717, 1.165) is 30.4 Å². The zero-order chi connectivity index (χ0) is 13.0. The highest BCUT2D eigenvalue weighted by Gasteiger charge is 2.25. The van der Waals surface area contributed by atoms with E-state index in [9.17, 15) is 4.79 Å². The van der Waals surface area contributed by atoms with Crippen molar-refractivity contribution in [3.8, 4) is 0 Å². The van der Waals surface area contributed by atoms with Crippen LogP contribution in [0.5, 0.6) is 0 Å². The lowest BCUT2D eigenvalue weighted by Gasteiger charge is -2.32. The van der Waals surface area contributed by atoms with Gasteiger partial charge in [0, 0.05) is 23.5 Å². The summed E-state index contributed by atoms with van der Waals surface area (Å²) in [7, 11) is 0. The second-order valence-electron chi connectivity index (χ2n) is 4.54. The second kappa shape index (κ2) is 6.23. The Bertz CT molecular complexity index is 405. The first-order valence-electron chi connectivity index (χ1n) is 6.38. The fraction of sp³-hybridized carbons (Fsp3) is 0.500. The zero-order valence-electron chi connectivity index (χ0n) is 10.6. The van der Waals surface area contributed by atoms with Gasteiger partial charge in [-0.3, -0.25) is 0 Å². The average molecular weight is 312 g/mol. The Hall–Kier alpha value is -1.03. The molecule has 4 heteroatoms. The van der Waals surface area contributed by atoms with E-state index in [0.29, 0.717) is 12.5 Å². The number of nitrogens with zero attached hydrogens (tertiary/aromatic N) is 1. The third-order valence-electron chi connectivity index (χ3n) is 3.29. The summed E-state index contributed by atoms with van der Waals surface area (Å²) >= 11 is 3.44. The lowest BCUT2D eigenvalue weighted by Crippen LogP contribution is -2.39. The minimum Gasteiger partial charge on any atom is -0.450 e. The van der Waals surface area contributed by atoms with E-state index >= 15 is 0 Å². The topological polar surface area (TPSA) is 29.5 Å². The van der Waals surface area contributed by atoms with Crippen LogP contribution in [-0.4, -0.2) is 30.7 Å². The summed E-state index contributed by atoms with van der Waals surface area (Å²) in [4.78, 5) is 13.5. The van der Waals surface area contributed by atoms with Crippen molar-refractivity contribution in [3.63, 3.8) is 0 Å². The van der Waals surface area contributed by atoms with Crippen molar-refractivity contribution >= 4 is 22.0 Å². The maximum atomic E-state index is 11.7. The van der Waals surface area contributed by atoms with Crippen LogP contribution in [0.2, 0.25) is 0 Å². The van der Waals surface area contributed by atoms with Gasteiger partial charge >= 0.3 is 6.09 Å². The largest absolute Gasteiger partial charge is 0.450 e. The normalized spacial score (nSPS) is 19.7. The Kier molecular flexibility index (Phi) is 4.64. The third kappa shape index (κ3) is 3.25. The molecule has 98 valence electrons. The molecule has 1 unspecified atom stereocenters. The molecule has 1 aliphatic heterocycles. The molecular formula is C14H18BrNO2. The molecule has 1 fully saturated rings. The monoisotopic (exact) mass is 311 g/mol. The molecule has 3 nitrogen and oxygen atoms in total. The van der Waals surface area contributed by atoms with Gasteiger partial charge in [0.05, 0.1) is 6.61 Å². The van der Waals surface area contributed by atoms with Crippen molar-refractivity contribution < 1.29 is 9.53 Å². The highest BCUT2D eigenvalue weighted by atomic mass is 79.9. The van der Waals surface area contributed by atoms with Gasteiger partial charge in [0.25, 0.3) is 0 Å². The van der Waals surface area contributed by atoms with Crippen LogP contribution in [0.1, 0.15) is 31.2 Å². The van der Waals surface area contributed by atoms with E-state index in [1.54, 1.807) is 0 Å². The maximum absolute atomic E-state index is 11.7. The first kappa shape index (κ1) is 13.4. The lowest BCUT2D eigenvalue weighted by molar-refractivity contribution is 0.0958. The Morgan fingerprint density at radius 2 is 2.17 bits per heavy atom. The number of carbonyl (C=O) groups excluding carboxylic acids is 1. The summed E-state index contributed by atoms with van der Waals surface area (Å²) in [5.74, 6) is 0.427. The van der Waals surface area contributed by atoms with E-state index in [1.165, 1.54) is 5.56 Å². The molecule has 0 N–H and O–H groups in total. The van der Waals surface area contributed by atoms with Crippen molar-refractivity contribution in [2.45, 2.75) is 25.7 Å². The first-order valence-corrected chi connectivity index (χ1v) is 7.17. The van der Waals surface area contributed by atoms with E-state index in [2.05, 4.69) is 40.2 Å². The van der Waals surface area contributed by atoms with Gasteiger partial charge in [-0.05, 0) is 37.5 Å². The Balaban J connectivity index is 2.02. The molecule has 0 bridgehead atoms. The zero-order valence-corrected chi connectivity index (χ0v) is 12.1. The van der Waals surface area contributed by atoms with Gasteiger partial charge in [-0.25, -0.2) is 4.79 Å². The van der Waals surface area contributed by atoms with Gasteiger partial charge in [-0.15, -0.1) is 0 Å². The predicted octanol–water partition coefficient (Wildman–Crippen LogP) is 3.79. The van der Waals surface area contributed by atoms with Crippen LogP contribution in [0, 0.1) is 0 Å². The van der Waals surface area contributed by atoms with Gasteiger partial charge in [0.1, 0.15) is 0 Å². The molecule has 0 aliphatic carbocycles. The van der Waals surface area contributed by atoms with Crippen molar-refractivity contribution in [1.29, 1.82) is 0 Å². The molecule has 0 radical (unpaired) electrons. The minimum absolute atomic E-state index is 0.181. The molecule has 1 saturated heterocycles. The second-order valence-corrected chi connectivity index (χ2v) is 5.45. The quantitative estimate of drug-likeness (QED) is 0.831. The van der Waals surface area contributed by atoms with Crippen LogP contribution >= 0.6 is 15.9 Å². The Labute approximate surface area is 116 Å². The molecule has 1 amide bonds. The smallest absolute Gasteiger partial charge is 0.409 e. The fourth-order valence-corrected chi connectivity index (χ4v) is 2.63.